The number of hydrogen-bond acceptors (Lipinski definition) is 2. The van der Waals surface area contributed by atoms with Gasteiger partial charge in [0.2, 0.25) is 0 Å². The summed E-state index contributed by atoms with van der Waals surface area (Å²) in [5.74, 6) is 1.97. The van der Waals surface area contributed by atoms with Gasteiger partial charge in [-0.25, -0.2) is 4.98 Å². The molecule has 1 atom stereocenters. The number of nitrogens with zero attached hydrogens (tertiary/aromatic N) is 1. The Labute approximate surface area is 79.0 Å². The summed E-state index contributed by atoms with van der Waals surface area (Å²) >= 11 is 0. The summed E-state index contributed by atoms with van der Waals surface area (Å²) in [5, 5.41) is 3.54. The lowest BCUT2D eigenvalue weighted by molar-refractivity contribution is 0.443. The first-order chi connectivity index (χ1) is 6.40. The summed E-state index contributed by atoms with van der Waals surface area (Å²) in [6.45, 7) is 3.13. The smallest absolute Gasteiger partial charge is 0.120 e. The van der Waals surface area contributed by atoms with Crippen molar-refractivity contribution in [3.8, 4) is 0 Å². The fourth-order valence-corrected chi connectivity index (χ4v) is 1.77. The molecule has 72 valence electrons. The zero-order chi connectivity index (χ0) is 9.10. The van der Waals surface area contributed by atoms with Crippen molar-refractivity contribution >= 4 is 0 Å². The average Bonchev–Trinajstić information content (AvgIpc) is 2.84. The van der Waals surface area contributed by atoms with Gasteiger partial charge in [0.15, 0.2) is 0 Å². The van der Waals surface area contributed by atoms with E-state index in [1.54, 1.807) is 6.20 Å². The summed E-state index contributed by atoms with van der Waals surface area (Å²) in [7, 11) is 0. The van der Waals surface area contributed by atoms with Crippen molar-refractivity contribution < 1.29 is 0 Å². The molecule has 1 fully saturated rings. The number of imidazole rings is 1. The Kier molecular flexibility index (Phi) is 2.64. The molecule has 1 unspecified atom stereocenters. The second-order valence-corrected chi connectivity index (χ2v) is 3.77. The van der Waals surface area contributed by atoms with E-state index in [1.165, 1.54) is 19.3 Å². The van der Waals surface area contributed by atoms with Crippen LogP contribution in [-0.4, -0.2) is 16.0 Å². The van der Waals surface area contributed by atoms with E-state index in [0.29, 0.717) is 6.04 Å². The molecule has 1 aliphatic carbocycles. The van der Waals surface area contributed by atoms with Crippen LogP contribution in [0.2, 0.25) is 0 Å². The molecule has 0 spiro atoms. The van der Waals surface area contributed by atoms with Crippen LogP contribution in [0.1, 0.15) is 32.0 Å². The van der Waals surface area contributed by atoms with Crippen LogP contribution >= 0.6 is 0 Å². The van der Waals surface area contributed by atoms with Crippen LogP contribution in [0.25, 0.3) is 0 Å². The van der Waals surface area contributed by atoms with E-state index < -0.39 is 0 Å². The van der Waals surface area contributed by atoms with Gasteiger partial charge in [-0.1, -0.05) is 6.92 Å². The van der Waals surface area contributed by atoms with Crippen LogP contribution in [0.3, 0.4) is 0 Å². The highest BCUT2D eigenvalue weighted by molar-refractivity contribution is 4.90. The maximum Gasteiger partial charge on any atom is 0.120 e. The Bertz CT molecular complexity index is 239. The van der Waals surface area contributed by atoms with Crippen molar-refractivity contribution in [3.05, 3.63) is 18.2 Å². The highest BCUT2D eigenvalue weighted by atomic mass is 15.0. The van der Waals surface area contributed by atoms with E-state index in [-0.39, 0.29) is 0 Å². The standard InChI is InChI=1S/C10H17N3/c1-2-9(8-3-4-8)13-7-10-11-5-6-12-10/h5-6,8-9,13H,2-4,7H2,1H3,(H,11,12). The molecule has 1 aromatic rings. The summed E-state index contributed by atoms with van der Waals surface area (Å²) < 4.78 is 0. The molecular formula is C10H17N3. The third-order valence-corrected chi connectivity index (χ3v) is 2.72. The van der Waals surface area contributed by atoms with Gasteiger partial charge in [-0.05, 0) is 25.2 Å². The normalized spacial score (nSPS) is 18.8. The minimum atomic E-state index is 0.699. The van der Waals surface area contributed by atoms with E-state index in [9.17, 15) is 0 Å². The zero-order valence-electron chi connectivity index (χ0n) is 8.09. The van der Waals surface area contributed by atoms with E-state index in [1.807, 2.05) is 6.20 Å². The van der Waals surface area contributed by atoms with Crippen LogP contribution < -0.4 is 5.32 Å². The van der Waals surface area contributed by atoms with Crippen LogP contribution in [0.4, 0.5) is 0 Å². The van der Waals surface area contributed by atoms with Crippen molar-refractivity contribution in [1.82, 2.24) is 15.3 Å². The number of aromatic amines is 1. The summed E-state index contributed by atoms with van der Waals surface area (Å²) in [6.07, 6.45) is 7.71. The van der Waals surface area contributed by atoms with Gasteiger partial charge >= 0.3 is 0 Å². The first-order valence-electron chi connectivity index (χ1n) is 5.11. The summed E-state index contributed by atoms with van der Waals surface area (Å²) in [5.41, 5.74) is 0. The topological polar surface area (TPSA) is 40.7 Å². The van der Waals surface area contributed by atoms with Crippen LogP contribution in [0.15, 0.2) is 12.4 Å². The van der Waals surface area contributed by atoms with E-state index >= 15 is 0 Å². The van der Waals surface area contributed by atoms with Crippen LogP contribution in [0, 0.1) is 5.92 Å². The molecule has 0 aromatic carbocycles. The lowest BCUT2D eigenvalue weighted by atomic mass is 10.1. The monoisotopic (exact) mass is 179 g/mol. The molecular weight excluding hydrogens is 162 g/mol. The molecule has 0 bridgehead atoms. The van der Waals surface area contributed by atoms with Crippen LogP contribution in [-0.2, 0) is 6.54 Å². The molecule has 0 saturated heterocycles. The molecule has 3 nitrogen and oxygen atoms in total. The van der Waals surface area contributed by atoms with Gasteiger partial charge in [0.05, 0.1) is 6.54 Å². The maximum atomic E-state index is 4.18. The Balaban J connectivity index is 1.77. The first-order valence-corrected chi connectivity index (χ1v) is 5.11. The zero-order valence-corrected chi connectivity index (χ0v) is 8.09. The van der Waals surface area contributed by atoms with Crippen molar-refractivity contribution in [2.75, 3.05) is 0 Å². The second kappa shape index (κ2) is 3.92. The molecule has 1 saturated carbocycles. The summed E-state index contributed by atoms with van der Waals surface area (Å²) in [6, 6.07) is 0.699. The molecule has 1 aromatic heterocycles. The quantitative estimate of drug-likeness (QED) is 0.722. The van der Waals surface area contributed by atoms with Gasteiger partial charge < -0.3 is 10.3 Å². The molecule has 0 amide bonds. The van der Waals surface area contributed by atoms with Gasteiger partial charge in [-0.15, -0.1) is 0 Å². The predicted octanol–water partition coefficient (Wildman–Crippen LogP) is 1.69. The van der Waals surface area contributed by atoms with Crippen molar-refractivity contribution in [1.29, 1.82) is 0 Å². The molecule has 2 rings (SSSR count). The SMILES string of the molecule is CCC(NCc1ncc[nH]1)C1CC1. The van der Waals surface area contributed by atoms with E-state index in [4.69, 9.17) is 0 Å². The average molecular weight is 179 g/mol. The van der Waals surface area contributed by atoms with Gasteiger partial charge in [-0.3, -0.25) is 0 Å². The lowest BCUT2D eigenvalue weighted by Crippen LogP contribution is -2.30. The molecule has 2 N–H and O–H groups in total. The van der Waals surface area contributed by atoms with E-state index in [2.05, 4.69) is 22.2 Å². The number of nitrogens with one attached hydrogen (secondary N) is 2. The Morgan fingerprint density at radius 1 is 1.69 bits per heavy atom. The summed E-state index contributed by atoms with van der Waals surface area (Å²) in [4.78, 5) is 7.29. The second-order valence-electron chi connectivity index (χ2n) is 3.77. The number of rotatable bonds is 5. The number of H-pyrrole nitrogens is 1. The fourth-order valence-electron chi connectivity index (χ4n) is 1.77. The number of hydrogen-bond donors (Lipinski definition) is 2. The largest absolute Gasteiger partial charge is 0.348 e. The first kappa shape index (κ1) is 8.75. The van der Waals surface area contributed by atoms with Gasteiger partial charge in [-0.2, -0.15) is 0 Å². The van der Waals surface area contributed by atoms with Crippen molar-refractivity contribution in [2.45, 2.75) is 38.8 Å². The minimum Gasteiger partial charge on any atom is -0.348 e. The highest BCUT2D eigenvalue weighted by Crippen LogP contribution is 2.33. The van der Waals surface area contributed by atoms with Gasteiger partial charge in [0.25, 0.3) is 0 Å². The van der Waals surface area contributed by atoms with Crippen molar-refractivity contribution in [2.24, 2.45) is 5.92 Å². The third kappa shape index (κ3) is 2.31. The molecule has 0 aliphatic heterocycles. The Morgan fingerprint density at radius 3 is 3.08 bits per heavy atom. The fraction of sp³-hybridized carbons (Fsp3) is 0.700. The number of aromatic nitrogens is 2. The maximum absolute atomic E-state index is 4.18. The molecule has 1 aliphatic rings. The Morgan fingerprint density at radius 2 is 2.54 bits per heavy atom. The third-order valence-electron chi connectivity index (χ3n) is 2.72. The molecule has 1 heterocycles. The molecule has 3 heteroatoms. The lowest BCUT2D eigenvalue weighted by Gasteiger charge is -2.14. The predicted molar refractivity (Wildman–Crippen MR) is 52.2 cm³/mol. The van der Waals surface area contributed by atoms with Gasteiger partial charge in [0, 0.05) is 18.4 Å². The van der Waals surface area contributed by atoms with E-state index in [0.717, 1.165) is 18.3 Å². The highest BCUT2D eigenvalue weighted by Gasteiger charge is 2.29. The molecule has 0 radical (unpaired) electrons. The van der Waals surface area contributed by atoms with Crippen LogP contribution in [0.5, 0.6) is 0 Å². The molecule has 13 heavy (non-hydrogen) atoms. The minimum absolute atomic E-state index is 0.699. The Hall–Kier alpha value is -0.830. The van der Waals surface area contributed by atoms with Crippen molar-refractivity contribution in [3.63, 3.8) is 0 Å². The van der Waals surface area contributed by atoms with Gasteiger partial charge in [0.1, 0.15) is 5.82 Å².